The average Bonchev–Trinajstić information content (AvgIpc) is 3.24. The maximum atomic E-state index is 11.7. The number of carbonyl (C=O) groups excluding carboxylic acids is 2. The van der Waals surface area contributed by atoms with Crippen LogP contribution in [0, 0.1) is 0 Å². The second-order valence-corrected chi connectivity index (χ2v) is 9.58. The van der Waals surface area contributed by atoms with Crippen LogP contribution in [-0.4, -0.2) is 53.3 Å². The third-order valence-corrected chi connectivity index (χ3v) is 6.86. The number of rotatable bonds is 15. The number of nitrogens with zero attached hydrogens (tertiary/aromatic N) is 2. The summed E-state index contributed by atoms with van der Waals surface area (Å²) in [5.74, 6) is -0.421. The van der Waals surface area contributed by atoms with Crippen molar-refractivity contribution in [2.45, 2.75) is 51.4 Å². The fraction of sp³-hybridized carbons (Fsp3) is 0.500. The van der Waals surface area contributed by atoms with Gasteiger partial charge in [-0.25, -0.2) is 9.59 Å². The Morgan fingerprint density at radius 1 is 0.625 bits per heavy atom. The molecule has 0 aliphatic heterocycles. The summed E-state index contributed by atoms with van der Waals surface area (Å²) in [6.45, 7) is 0. The molecule has 12 heteroatoms. The molecule has 0 saturated heterocycles. The lowest BCUT2D eigenvalue weighted by Gasteiger charge is -2.07. The van der Waals surface area contributed by atoms with Gasteiger partial charge in [0.1, 0.15) is 0 Å². The lowest BCUT2D eigenvalue weighted by atomic mass is 10.2. The van der Waals surface area contributed by atoms with Gasteiger partial charge in [-0.1, -0.05) is 34.4 Å². The molecule has 0 radical (unpaired) electrons. The zero-order valence-corrected chi connectivity index (χ0v) is 19.1. The Balaban J connectivity index is 1.38. The van der Waals surface area contributed by atoms with Crippen molar-refractivity contribution < 1.29 is 39.7 Å². The van der Waals surface area contributed by atoms with Crippen LogP contribution >= 0.6 is 21.6 Å². The molecule has 0 aliphatic carbocycles. The summed E-state index contributed by atoms with van der Waals surface area (Å²) in [7, 11) is 3.54. The summed E-state index contributed by atoms with van der Waals surface area (Å²) in [6.07, 6.45) is 5.44. The number of hydrogen-bond donors (Lipinski definition) is 4. The van der Waals surface area contributed by atoms with Gasteiger partial charge in [0.25, 0.3) is 0 Å². The first-order valence-corrected chi connectivity index (χ1v) is 12.7. The van der Waals surface area contributed by atoms with Crippen molar-refractivity contribution >= 4 is 33.5 Å². The molecule has 0 aliphatic rings. The minimum absolute atomic E-state index is 0.209. The van der Waals surface area contributed by atoms with Gasteiger partial charge in [0.2, 0.25) is 23.5 Å². The third kappa shape index (κ3) is 8.87. The molecular weight excluding hydrogens is 460 g/mol. The van der Waals surface area contributed by atoms with Gasteiger partial charge in [0.15, 0.2) is 0 Å². The van der Waals surface area contributed by atoms with Crippen LogP contribution in [0.4, 0.5) is 0 Å². The Morgan fingerprint density at radius 3 is 1.31 bits per heavy atom. The van der Waals surface area contributed by atoms with Gasteiger partial charge in [0.05, 0.1) is 0 Å². The quantitative estimate of drug-likeness (QED) is 0.218. The lowest BCUT2D eigenvalue weighted by Crippen LogP contribution is -2.18. The summed E-state index contributed by atoms with van der Waals surface area (Å²) in [4.78, 5) is 33.1. The fourth-order valence-corrected chi connectivity index (χ4v) is 4.91. The maximum Gasteiger partial charge on any atom is 0.333 e. The first kappa shape index (κ1) is 25.7. The van der Waals surface area contributed by atoms with E-state index in [2.05, 4.69) is 0 Å². The molecule has 32 heavy (non-hydrogen) atoms. The van der Waals surface area contributed by atoms with Gasteiger partial charge in [0, 0.05) is 48.6 Å². The molecule has 2 heterocycles. The Morgan fingerprint density at radius 2 is 0.969 bits per heavy atom. The van der Waals surface area contributed by atoms with Crippen LogP contribution in [0.15, 0.2) is 24.3 Å². The highest BCUT2D eigenvalue weighted by atomic mass is 33.1. The first-order chi connectivity index (χ1) is 15.4. The van der Waals surface area contributed by atoms with E-state index in [0.717, 1.165) is 37.2 Å². The van der Waals surface area contributed by atoms with Gasteiger partial charge in [-0.15, -0.1) is 9.46 Å². The molecule has 2 aromatic heterocycles. The first-order valence-electron chi connectivity index (χ1n) is 10.2. The van der Waals surface area contributed by atoms with E-state index >= 15 is 0 Å². The molecule has 2 aromatic rings. The summed E-state index contributed by atoms with van der Waals surface area (Å²) < 4.78 is 1.38. The van der Waals surface area contributed by atoms with Gasteiger partial charge in [-0.05, 0) is 25.7 Å². The van der Waals surface area contributed by atoms with Crippen molar-refractivity contribution in [1.29, 1.82) is 0 Å². The van der Waals surface area contributed by atoms with E-state index in [1.54, 1.807) is 21.6 Å². The van der Waals surface area contributed by atoms with Crippen LogP contribution in [0.2, 0.25) is 0 Å². The number of hydrogen-bond acceptors (Lipinski definition) is 10. The molecule has 10 nitrogen and oxygen atoms in total. The largest absolute Gasteiger partial charge is 0.492 e. The van der Waals surface area contributed by atoms with Gasteiger partial charge >= 0.3 is 11.9 Å². The predicted octanol–water partition coefficient (Wildman–Crippen LogP) is 3.22. The normalized spacial score (nSPS) is 10.9. The van der Waals surface area contributed by atoms with E-state index in [4.69, 9.17) is 9.68 Å². The summed E-state index contributed by atoms with van der Waals surface area (Å²) >= 11 is 0. The molecule has 0 bridgehead atoms. The van der Waals surface area contributed by atoms with Crippen LogP contribution in [-0.2, 0) is 9.59 Å². The summed E-state index contributed by atoms with van der Waals surface area (Å²) in [5, 5.41) is 37.6. The smallest absolute Gasteiger partial charge is 0.333 e. The van der Waals surface area contributed by atoms with Crippen molar-refractivity contribution in [3.63, 3.8) is 0 Å². The predicted molar refractivity (Wildman–Crippen MR) is 121 cm³/mol. The molecule has 2 rings (SSSR count). The average molecular weight is 489 g/mol. The minimum Gasteiger partial charge on any atom is -0.492 e. The molecule has 0 atom stereocenters. The second-order valence-electron chi connectivity index (χ2n) is 6.88. The monoisotopic (exact) mass is 488 g/mol. The number of aromatic nitrogens is 2. The van der Waals surface area contributed by atoms with Crippen LogP contribution in [0.1, 0.15) is 51.4 Å². The van der Waals surface area contributed by atoms with Crippen molar-refractivity contribution in [3.05, 3.63) is 24.3 Å². The van der Waals surface area contributed by atoms with Gasteiger partial charge in [-0.3, -0.25) is 0 Å². The highest BCUT2D eigenvalue weighted by Crippen LogP contribution is 2.25. The SMILES string of the molecule is O=C(CCCCCSSCCCCCC(=O)On1c(O)ccc1O)On1c(O)ccc1O. The van der Waals surface area contributed by atoms with E-state index in [0.29, 0.717) is 22.3 Å². The standard InChI is InChI=1S/C20H28N2O8S2/c23-15-9-10-16(24)21(15)29-19(27)7-3-1-5-13-31-32-14-6-2-4-8-20(28)30-22-17(25)11-12-18(22)26/h9-12,23-26H,1-8,13-14H2. The molecular formula is C20H28N2O8S2. The van der Waals surface area contributed by atoms with E-state index in [1.165, 1.54) is 24.3 Å². The van der Waals surface area contributed by atoms with Gasteiger partial charge < -0.3 is 30.1 Å². The van der Waals surface area contributed by atoms with Crippen LogP contribution < -0.4 is 9.68 Å². The van der Waals surface area contributed by atoms with Crippen molar-refractivity contribution in [1.82, 2.24) is 9.46 Å². The molecule has 0 amide bonds. The van der Waals surface area contributed by atoms with Crippen LogP contribution in [0.25, 0.3) is 0 Å². The number of carbonyl (C=O) groups is 2. The van der Waals surface area contributed by atoms with Crippen molar-refractivity contribution in [2.75, 3.05) is 11.5 Å². The molecule has 4 N–H and O–H groups in total. The van der Waals surface area contributed by atoms with E-state index < -0.39 is 11.9 Å². The maximum absolute atomic E-state index is 11.7. The van der Waals surface area contributed by atoms with Crippen LogP contribution in [0.3, 0.4) is 0 Å². The number of unbranched alkanes of at least 4 members (excludes halogenated alkanes) is 4. The Labute approximate surface area is 193 Å². The molecule has 178 valence electrons. The Hall–Kier alpha value is -2.60. The second kappa shape index (κ2) is 13.7. The zero-order valence-electron chi connectivity index (χ0n) is 17.5. The van der Waals surface area contributed by atoms with E-state index in [1.807, 2.05) is 0 Å². The van der Waals surface area contributed by atoms with Crippen LogP contribution in [0.5, 0.6) is 23.5 Å². The third-order valence-electron chi connectivity index (χ3n) is 4.28. The highest BCUT2D eigenvalue weighted by Gasteiger charge is 2.12. The molecule has 0 unspecified atom stereocenters. The zero-order chi connectivity index (χ0) is 23.3. The van der Waals surface area contributed by atoms with E-state index in [9.17, 15) is 30.0 Å². The van der Waals surface area contributed by atoms with Gasteiger partial charge in [-0.2, -0.15) is 0 Å². The van der Waals surface area contributed by atoms with E-state index in [-0.39, 0.29) is 36.4 Å². The van der Waals surface area contributed by atoms with Crippen molar-refractivity contribution in [3.8, 4) is 23.5 Å². The van der Waals surface area contributed by atoms with Crippen molar-refractivity contribution in [2.24, 2.45) is 0 Å². The lowest BCUT2D eigenvalue weighted by molar-refractivity contribution is -0.146. The molecule has 0 fully saturated rings. The number of aromatic hydroxyl groups is 4. The Kier molecular flexibility index (Phi) is 11.0. The minimum atomic E-state index is -0.514. The molecule has 0 saturated carbocycles. The summed E-state index contributed by atoms with van der Waals surface area (Å²) in [5.41, 5.74) is 0. The highest BCUT2D eigenvalue weighted by molar-refractivity contribution is 8.76. The summed E-state index contributed by atoms with van der Waals surface area (Å²) in [6, 6.07) is 4.93. The fourth-order valence-electron chi connectivity index (χ4n) is 2.62. The topological polar surface area (TPSA) is 143 Å². The molecule has 0 spiro atoms. The Bertz CT molecular complexity index is 759. The molecule has 0 aromatic carbocycles.